The van der Waals surface area contributed by atoms with E-state index in [-0.39, 0.29) is 24.3 Å². The Hall–Kier alpha value is -0.870. The van der Waals surface area contributed by atoms with Gasteiger partial charge in [0.1, 0.15) is 0 Å². The van der Waals surface area contributed by atoms with Gasteiger partial charge in [-0.2, -0.15) is 0 Å². The zero-order valence-corrected chi connectivity index (χ0v) is 9.17. The zero-order chi connectivity index (χ0) is 10.6. The Morgan fingerprint density at radius 2 is 2.36 bits per heavy atom. The predicted molar refractivity (Wildman–Crippen MR) is 58.4 cm³/mol. The van der Waals surface area contributed by atoms with Crippen molar-refractivity contribution in [2.45, 2.75) is 13.8 Å². The molecule has 0 saturated carbocycles. The molecule has 0 aliphatic rings. The molecule has 1 aromatic heterocycles. The summed E-state index contributed by atoms with van der Waals surface area (Å²) in [5, 5.41) is 14.5. The van der Waals surface area contributed by atoms with Gasteiger partial charge in [-0.3, -0.25) is 4.79 Å². The predicted octanol–water partition coefficient (Wildman–Crippen LogP) is 1.95. The minimum absolute atomic E-state index is 0.102. The average molecular weight is 213 g/mol. The molecule has 2 N–H and O–H groups in total. The third kappa shape index (κ3) is 2.82. The molecule has 4 heteroatoms. The van der Waals surface area contributed by atoms with Gasteiger partial charge in [0.15, 0.2) is 0 Å². The van der Waals surface area contributed by atoms with E-state index < -0.39 is 0 Å². The zero-order valence-electron chi connectivity index (χ0n) is 8.36. The van der Waals surface area contributed by atoms with Crippen LogP contribution in [0.15, 0.2) is 17.5 Å². The number of amides is 1. The number of nitrogens with one attached hydrogen (secondary N) is 1. The van der Waals surface area contributed by atoms with E-state index >= 15 is 0 Å². The van der Waals surface area contributed by atoms with Gasteiger partial charge in [0.05, 0.1) is 17.5 Å². The second-order valence-electron chi connectivity index (χ2n) is 3.50. The molecular weight excluding hydrogens is 198 g/mol. The van der Waals surface area contributed by atoms with Crippen molar-refractivity contribution < 1.29 is 9.90 Å². The number of aliphatic hydroxyl groups is 1. The Labute approximate surface area is 87.8 Å². The van der Waals surface area contributed by atoms with Crippen LogP contribution in [0.4, 0.5) is 5.00 Å². The molecule has 1 atom stereocenters. The van der Waals surface area contributed by atoms with E-state index in [1.807, 2.05) is 31.4 Å². The van der Waals surface area contributed by atoms with Crippen LogP contribution in [0.1, 0.15) is 13.8 Å². The van der Waals surface area contributed by atoms with Crippen molar-refractivity contribution in [1.29, 1.82) is 0 Å². The SMILES string of the molecule is CC(C)C(CO)C(=O)Nc1cccs1. The van der Waals surface area contributed by atoms with Gasteiger partial charge in [0.25, 0.3) is 0 Å². The summed E-state index contributed by atoms with van der Waals surface area (Å²) in [7, 11) is 0. The summed E-state index contributed by atoms with van der Waals surface area (Å²) in [5.74, 6) is -0.276. The van der Waals surface area contributed by atoms with Gasteiger partial charge in [0, 0.05) is 0 Å². The first kappa shape index (κ1) is 11.2. The molecule has 0 aliphatic heterocycles. The van der Waals surface area contributed by atoms with Crippen LogP contribution in [0.5, 0.6) is 0 Å². The summed E-state index contributed by atoms with van der Waals surface area (Å²) < 4.78 is 0. The van der Waals surface area contributed by atoms with Crippen LogP contribution in [-0.2, 0) is 4.79 Å². The molecule has 0 saturated heterocycles. The summed E-state index contributed by atoms with van der Waals surface area (Å²) in [6, 6.07) is 3.72. The molecule has 1 aromatic rings. The van der Waals surface area contributed by atoms with Crippen LogP contribution in [0.2, 0.25) is 0 Å². The summed E-state index contributed by atoms with van der Waals surface area (Å²) >= 11 is 1.48. The molecule has 3 nitrogen and oxygen atoms in total. The monoisotopic (exact) mass is 213 g/mol. The first-order chi connectivity index (χ1) is 6.65. The molecule has 0 aliphatic carbocycles. The maximum atomic E-state index is 11.6. The molecule has 1 heterocycles. The fourth-order valence-corrected chi connectivity index (χ4v) is 1.78. The topological polar surface area (TPSA) is 49.3 Å². The summed E-state index contributed by atoms with van der Waals surface area (Å²) in [6.45, 7) is 3.75. The number of carbonyl (C=O) groups is 1. The molecule has 0 radical (unpaired) electrons. The molecule has 14 heavy (non-hydrogen) atoms. The van der Waals surface area contributed by atoms with Gasteiger partial charge in [-0.25, -0.2) is 0 Å². The van der Waals surface area contributed by atoms with E-state index in [9.17, 15) is 4.79 Å². The van der Waals surface area contributed by atoms with Crippen molar-refractivity contribution in [3.05, 3.63) is 17.5 Å². The highest BCUT2D eigenvalue weighted by Gasteiger charge is 2.21. The summed E-state index contributed by atoms with van der Waals surface area (Å²) in [6.07, 6.45) is 0. The Morgan fingerprint density at radius 3 is 2.79 bits per heavy atom. The first-order valence-electron chi connectivity index (χ1n) is 4.60. The quantitative estimate of drug-likeness (QED) is 0.803. The molecule has 0 spiro atoms. The van der Waals surface area contributed by atoms with Crippen LogP contribution < -0.4 is 5.32 Å². The molecule has 1 amide bonds. The van der Waals surface area contributed by atoms with Gasteiger partial charge < -0.3 is 10.4 Å². The summed E-state index contributed by atoms with van der Waals surface area (Å²) in [4.78, 5) is 11.6. The normalized spacial score (nSPS) is 12.9. The lowest BCUT2D eigenvalue weighted by Gasteiger charge is -2.16. The van der Waals surface area contributed by atoms with Crippen LogP contribution in [0, 0.1) is 11.8 Å². The fourth-order valence-electron chi connectivity index (χ4n) is 1.16. The van der Waals surface area contributed by atoms with E-state index in [0.717, 1.165) is 5.00 Å². The Morgan fingerprint density at radius 1 is 1.64 bits per heavy atom. The largest absolute Gasteiger partial charge is 0.396 e. The number of thiophene rings is 1. The van der Waals surface area contributed by atoms with E-state index in [0.29, 0.717) is 0 Å². The van der Waals surface area contributed by atoms with E-state index in [4.69, 9.17) is 5.11 Å². The molecule has 1 unspecified atom stereocenters. The number of anilines is 1. The second-order valence-corrected chi connectivity index (χ2v) is 4.45. The minimum atomic E-state index is -0.322. The lowest BCUT2D eigenvalue weighted by Crippen LogP contribution is -2.29. The van der Waals surface area contributed by atoms with Crippen LogP contribution >= 0.6 is 11.3 Å². The third-order valence-electron chi connectivity index (χ3n) is 2.11. The summed E-state index contributed by atoms with van der Waals surface area (Å²) in [5.41, 5.74) is 0. The molecule has 78 valence electrons. The van der Waals surface area contributed by atoms with Gasteiger partial charge >= 0.3 is 0 Å². The van der Waals surface area contributed by atoms with Gasteiger partial charge in [-0.05, 0) is 23.4 Å². The van der Waals surface area contributed by atoms with Crippen molar-refractivity contribution in [3.8, 4) is 0 Å². The number of hydrogen-bond acceptors (Lipinski definition) is 3. The van der Waals surface area contributed by atoms with Gasteiger partial charge in [-0.15, -0.1) is 11.3 Å². The highest BCUT2D eigenvalue weighted by Crippen LogP contribution is 2.18. The average Bonchev–Trinajstić information content (AvgIpc) is 2.57. The van der Waals surface area contributed by atoms with Crippen LogP contribution in [0.3, 0.4) is 0 Å². The van der Waals surface area contributed by atoms with Crippen molar-refractivity contribution in [2.24, 2.45) is 11.8 Å². The highest BCUT2D eigenvalue weighted by atomic mass is 32.1. The molecule has 0 bridgehead atoms. The Kier molecular flexibility index (Phi) is 4.10. The highest BCUT2D eigenvalue weighted by molar-refractivity contribution is 7.14. The number of carbonyl (C=O) groups excluding carboxylic acids is 1. The fraction of sp³-hybridized carbons (Fsp3) is 0.500. The van der Waals surface area contributed by atoms with E-state index in [2.05, 4.69) is 5.32 Å². The van der Waals surface area contributed by atoms with Crippen molar-refractivity contribution in [3.63, 3.8) is 0 Å². The number of aliphatic hydroxyl groups excluding tert-OH is 1. The van der Waals surface area contributed by atoms with Crippen LogP contribution in [0.25, 0.3) is 0 Å². The van der Waals surface area contributed by atoms with Gasteiger partial charge in [-0.1, -0.05) is 13.8 Å². The Balaban J connectivity index is 2.56. The van der Waals surface area contributed by atoms with Crippen molar-refractivity contribution >= 4 is 22.2 Å². The Bertz CT molecular complexity index is 282. The van der Waals surface area contributed by atoms with Gasteiger partial charge in [0.2, 0.25) is 5.91 Å². The van der Waals surface area contributed by atoms with E-state index in [1.165, 1.54) is 11.3 Å². The molecule has 1 rings (SSSR count). The third-order valence-corrected chi connectivity index (χ3v) is 2.89. The van der Waals surface area contributed by atoms with Crippen molar-refractivity contribution in [1.82, 2.24) is 0 Å². The molecule has 0 fully saturated rings. The lowest BCUT2D eigenvalue weighted by molar-refractivity contribution is -0.122. The minimum Gasteiger partial charge on any atom is -0.396 e. The molecule has 0 aromatic carbocycles. The lowest BCUT2D eigenvalue weighted by atomic mass is 9.96. The van der Waals surface area contributed by atoms with Crippen LogP contribution in [-0.4, -0.2) is 17.6 Å². The smallest absolute Gasteiger partial charge is 0.230 e. The van der Waals surface area contributed by atoms with Crippen molar-refractivity contribution in [2.75, 3.05) is 11.9 Å². The maximum Gasteiger partial charge on any atom is 0.230 e. The van der Waals surface area contributed by atoms with E-state index in [1.54, 1.807) is 0 Å². The number of rotatable bonds is 4. The first-order valence-corrected chi connectivity index (χ1v) is 5.48. The maximum absolute atomic E-state index is 11.6. The standard InChI is InChI=1S/C10H15NO2S/c1-7(2)8(6-12)10(13)11-9-4-3-5-14-9/h3-5,7-8,12H,6H2,1-2H3,(H,11,13). The number of hydrogen-bond donors (Lipinski definition) is 2. The second kappa shape index (κ2) is 5.12. The molecular formula is C10H15NO2S.